The highest BCUT2D eigenvalue weighted by atomic mass is 16.5. The van der Waals surface area contributed by atoms with Gasteiger partial charge in [-0.1, -0.05) is 0 Å². The number of anilines is 1. The molecule has 2 N–H and O–H groups in total. The van der Waals surface area contributed by atoms with Gasteiger partial charge < -0.3 is 15.4 Å². The minimum Gasteiger partial charge on any atom is -0.388 e. The molecule has 1 atom stereocenters. The summed E-state index contributed by atoms with van der Waals surface area (Å²) in [6.07, 6.45) is 0.0239. The summed E-state index contributed by atoms with van der Waals surface area (Å²) in [5.41, 5.74) is 2.66. The van der Waals surface area contributed by atoms with Gasteiger partial charge in [-0.25, -0.2) is 0 Å². The summed E-state index contributed by atoms with van der Waals surface area (Å²) in [6, 6.07) is 5.67. The van der Waals surface area contributed by atoms with Crippen molar-refractivity contribution < 1.29 is 9.53 Å². The Morgan fingerprint density at radius 3 is 2.71 bits per heavy atom. The summed E-state index contributed by atoms with van der Waals surface area (Å²) in [4.78, 5) is 11.9. The van der Waals surface area contributed by atoms with E-state index >= 15 is 0 Å². The molecule has 1 rings (SSSR count). The topological polar surface area (TPSA) is 50.4 Å². The summed E-state index contributed by atoms with van der Waals surface area (Å²) in [7, 11) is 3.48. The van der Waals surface area contributed by atoms with Crippen molar-refractivity contribution in [2.24, 2.45) is 0 Å². The molecule has 0 heterocycles. The summed E-state index contributed by atoms with van der Waals surface area (Å²) in [5.74, 6) is -0.0611. The van der Waals surface area contributed by atoms with Crippen molar-refractivity contribution in [3.8, 4) is 0 Å². The first kappa shape index (κ1) is 13.5. The molecule has 0 bridgehead atoms. The Balaban J connectivity index is 2.69. The van der Waals surface area contributed by atoms with Gasteiger partial charge in [-0.15, -0.1) is 0 Å². The van der Waals surface area contributed by atoms with Crippen LogP contribution in [0.4, 0.5) is 5.69 Å². The van der Waals surface area contributed by atoms with Gasteiger partial charge in [-0.2, -0.15) is 0 Å². The van der Waals surface area contributed by atoms with E-state index in [9.17, 15) is 4.79 Å². The van der Waals surface area contributed by atoms with Crippen molar-refractivity contribution in [1.82, 2.24) is 5.32 Å². The van der Waals surface area contributed by atoms with Crippen LogP contribution >= 0.6 is 0 Å². The normalized spacial score (nSPS) is 12.0. The van der Waals surface area contributed by atoms with Crippen LogP contribution in [0.5, 0.6) is 0 Å². The van der Waals surface area contributed by atoms with Gasteiger partial charge in [0.1, 0.15) is 0 Å². The quantitative estimate of drug-likeness (QED) is 0.819. The van der Waals surface area contributed by atoms with Crippen molar-refractivity contribution >= 4 is 11.6 Å². The molecule has 17 heavy (non-hydrogen) atoms. The maximum Gasteiger partial charge on any atom is 0.251 e. The standard InChI is InChI=1S/C13H20N2O2/c1-9-7-11(14-3)5-6-12(9)13(16)15-8-10(2)17-4/h5-7,10,14H,8H2,1-4H3,(H,15,16). The molecule has 1 aromatic carbocycles. The lowest BCUT2D eigenvalue weighted by Crippen LogP contribution is -2.31. The fourth-order valence-electron chi connectivity index (χ4n) is 1.49. The molecule has 0 aliphatic heterocycles. The second-order valence-corrected chi connectivity index (χ2v) is 4.04. The van der Waals surface area contributed by atoms with E-state index in [4.69, 9.17) is 4.74 Å². The lowest BCUT2D eigenvalue weighted by atomic mass is 10.1. The maximum atomic E-state index is 11.9. The van der Waals surface area contributed by atoms with Crippen molar-refractivity contribution in [3.63, 3.8) is 0 Å². The van der Waals surface area contributed by atoms with Crippen LogP contribution in [-0.4, -0.2) is 32.7 Å². The third-order valence-corrected chi connectivity index (χ3v) is 2.71. The number of carbonyl (C=O) groups is 1. The number of nitrogens with one attached hydrogen (secondary N) is 2. The summed E-state index contributed by atoms with van der Waals surface area (Å²) < 4.78 is 5.08. The SMILES string of the molecule is CNc1ccc(C(=O)NCC(C)OC)c(C)c1. The zero-order valence-electron chi connectivity index (χ0n) is 10.8. The lowest BCUT2D eigenvalue weighted by molar-refractivity contribution is 0.0870. The van der Waals surface area contributed by atoms with Gasteiger partial charge in [-0.3, -0.25) is 4.79 Å². The molecule has 0 spiro atoms. The molecule has 0 aliphatic carbocycles. The highest BCUT2D eigenvalue weighted by Gasteiger charge is 2.10. The molecule has 0 radical (unpaired) electrons. The maximum absolute atomic E-state index is 11.9. The molecular weight excluding hydrogens is 216 g/mol. The lowest BCUT2D eigenvalue weighted by Gasteiger charge is -2.12. The van der Waals surface area contributed by atoms with Crippen LogP contribution in [0, 0.1) is 6.92 Å². The number of amides is 1. The minimum absolute atomic E-state index is 0.0239. The zero-order valence-corrected chi connectivity index (χ0v) is 10.8. The smallest absolute Gasteiger partial charge is 0.251 e. The van der Waals surface area contributed by atoms with Crippen LogP contribution < -0.4 is 10.6 Å². The second kappa shape index (κ2) is 6.25. The van der Waals surface area contributed by atoms with E-state index in [0.717, 1.165) is 11.3 Å². The van der Waals surface area contributed by atoms with Crippen LogP contribution in [0.15, 0.2) is 18.2 Å². The van der Waals surface area contributed by atoms with Gasteiger partial charge in [-0.05, 0) is 37.6 Å². The Labute approximate surface area is 102 Å². The molecule has 94 valence electrons. The van der Waals surface area contributed by atoms with Crippen LogP contribution in [0.2, 0.25) is 0 Å². The third-order valence-electron chi connectivity index (χ3n) is 2.71. The van der Waals surface area contributed by atoms with Gasteiger partial charge >= 0.3 is 0 Å². The molecule has 0 aromatic heterocycles. The molecule has 0 fully saturated rings. The number of aryl methyl sites for hydroxylation is 1. The molecule has 1 unspecified atom stereocenters. The molecule has 4 heteroatoms. The monoisotopic (exact) mass is 236 g/mol. The highest BCUT2D eigenvalue weighted by Crippen LogP contribution is 2.14. The van der Waals surface area contributed by atoms with Gasteiger partial charge in [0.05, 0.1) is 6.10 Å². The van der Waals surface area contributed by atoms with Gasteiger partial charge in [0, 0.05) is 32.0 Å². The van der Waals surface area contributed by atoms with E-state index in [2.05, 4.69) is 10.6 Å². The molecule has 0 saturated carbocycles. The fraction of sp³-hybridized carbons (Fsp3) is 0.462. The Morgan fingerprint density at radius 2 is 2.18 bits per heavy atom. The Bertz CT molecular complexity index is 391. The molecule has 0 aliphatic rings. The first-order chi connectivity index (χ1) is 8.08. The summed E-state index contributed by atoms with van der Waals surface area (Å²) >= 11 is 0. The average Bonchev–Trinajstić information content (AvgIpc) is 2.35. The van der Waals surface area contributed by atoms with Crippen LogP contribution in [-0.2, 0) is 4.74 Å². The van der Waals surface area contributed by atoms with E-state index in [-0.39, 0.29) is 12.0 Å². The van der Waals surface area contributed by atoms with E-state index in [1.807, 2.05) is 39.1 Å². The van der Waals surface area contributed by atoms with Crippen LogP contribution in [0.25, 0.3) is 0 Å². The molecule has 4 nitrogen and oxygen atoms in total. The van der Waals surface area contributed by atoms with E-state index in [0.29, 0.717) is 12.1 Å². The Hall–Kier alpha value is -1.55. The minimum atomic E-state index is -0.0611. The van der Waals surface area contributed by atoms with Crippen molar-refractivity contribution in [3.05, 3.63) is 29.3 Å². The Morgan fingerprint density at radius 1 is 1.47 bits per heavy atom. The fourth-order valence-corrected chi connectivity index (χ4v) is 1.49. The predicted octanol–water partition coefficient (Wildman–Crippen LogP) is 1.80. The van der Waals surface area contributed by atoms with Crippen molar-refractivity contribution in [2.75, 3.05) is 26.0 Å². The average molecular weight is 236 g/mol. The number of rotatable bonds is 5. The number of ether oxygens (including phenoxy) is 1. The van der Waals surface area contributed by atoms with Gasteiger partial charge in [0.25, 0.3) is 5.91 Å². The van der Waals surface area contributed by atoms with E-state index in [1.165, 1.54) is 0 Å². The first-order valence-electron chi connectivity index (χ1n) is 5.68. The summed E-state index contributed by atoms with van der Waals surface area (Å²) in [6.45, 7) is 4.36. The molecule has 1 aromatic rings. The van der Waals surface area contributed by atoms with Gasteiger partial charge in [0.15, 0.2) is 0 Å². The highest BCUT2D eigenvalue weighted by molar-refractivity contribution is 5.96. The second-order valence-electron chi connectivity index (χ2n) is 4.04. The molecule has 0 saturated heterocycles. The number of benzene rings is 1. The number of carbonyl (C=O) groups excluding carboxylic acids is 1. The number of hydrogen-bond acceptors (Lipinski definition) is 3. The zero-order chi connectivity index (χ0) is 12.8. The van der Waals surface area contributed by atoms with Gasteiger partial charge in [0.2, 0.25) is 0 Å². The summed E-state index contributed by atoms with van der Waals surface area (Å²) in [5, 5.41) is 5.89. The molecule has 1 amide bonds. The van der Waals surface area contributed by atoms with Crippen LogP contribution in [0.1, 0.15) is 22.8 Å². The third kappa shape index (κ3) is 3.75. The van der Waals surface area contributed by atoms with E-state index in [1.54, 1.807) is 7.11 Å². The molecular formula is C13H20N2O2. The predicted molar refractivity (Wildman–Crippen MR) is 69.5 cm³/mol. The van der Waals surface area contributed by atoms with Crippen molar-refractivity contribution in [2.45, 2.75) is 20.0 Å². The van der Waals surface area contributed by atoms with E-state index < -0.39 is 0 Å². The van der Waals surface area contributed by atoms with Crippen molar-refractivity contribution in [1.29, 1.82) is 0 Å². The van der Waals surface area contributed by atoms with Crippen LogP contribution in [0.3, 0.4) is 0 Å². The Kier molecular flexibility index (Phi) is 4.97. The largest absolute Gasteiger partial charge is 0.388 e. The first-order valence-corrected chi connectivity index (χ1v) is 5.68. The number of methoxy groups -OCH3 is 1. The number of hydrogen-bond donors (Lipinski definition) is 2.